The quantitative estimate of drug-likeness (QED) is 0.558. The highest BCUT2D eigenvalue weighted by Crippen LogP contribution is 2.33. The number of hydrogen-bond acceptors (Lipinski definition) is 3. The van der Waals surface area contributed by atoms with Gasteiger partial charge < -0.3 is 19.7 Å². The SMILES string of the molecule is CCC(C)(C)C1OCCN1C(=S)Nc1cccc(OC(F)(F)C(F)F)c1. The van der Waals surface area contributed by atoms with Crippen molar-refractivity contribution in [2.75, 3.05) is 18.5 Å². The summed E-state index contributed by atoms with van der Waals surface area (Å²) in [6.45, 7) is 7.32. The third kappa shape index (κ3) is 4.76. The molecule has 1 aliphatic rings. The minimum atomic E-state index is -4.56. The van der Waals surface area contributed by atoms with E-state index in [2.05, 4.69) is 30.8 Å². The number of thiocarbonyl (C=S) groups is 1. The molecule has 0 spiro atoms. The topological polar surface area (TPSA) is 33.7 Å². The van der Waals surface area contributed by atoms with Crippen molar-refractivity contribution in [1.82, 2.24) is 4.90 Å². The van der Waals surface area contributed by atoms with Gasteiger partial charge in [0.2, 0.25) is 0 Å². The summed E-state index contributed by atoms with van der Waals surface area (Å²) in [5.74, 6) is -0.383. The minimum absolute atomic E-state index is 0.132. The number of hydrogen-bond donors (Lipinski definition) is 1. The second-order valence-electron chi connectivity index (χ2n) is 6.68. The van der Waals surface area contributed by atoms with E-state index in [0.29, 0.717) is 24.0 Å². The largest absolute Gasteiger partial charge is 0.461 e. The summed E-state index contributed by atoms with van der Waals surface area (Å²) in [7, 11) is 0. The van der Waals surface area contributed by atoms with Gasteiger partial charge in [-0.15, -0.1) is 0 Å². The molecule has 1 aromatic rings. The fraction of sp³-hybridized carbons (Fsp3) is 0.588. The second-order valence-corrected chi connectivity index (χ2v) is 7.07. The Bertz CT molecular complexity index is 643. The van der Waals surface area contributed by atoms with Gasteiger partial charge >= 0.3 is 12.5 Å². The van der Waals surface area contributed by atoms with Crippen LogP contribution in [0.4, 0.5) is 23.2 Å². The number of rotatable bonds is 6. The lowest BCUT2D eigenvalue weighted by molar-refractivity contribution is -0.253. The van der Waals surface area contributed by atoms with Crippen molar-refractivity contribution in [3.63, 3.8) is 0 Å². The maximum atomic E-state index is 13.1. The third-order valence-electron chi connectivity index (χ3n) is 4.32. The highest BCUT2D eigenvalue weighted by atomic mass is 32.1. The molecule has 1 atom stereocenters. The Morgan fingerprint density at radius 1 is 1.42 bits per heavy atom. The van der Waals surface area contributed by atoms with E-state index < -0.39 is 12.5 Å². The maximum absolute atomic E-state index is 13.1. The number of anilines is 1. The summed E-state index contributed by atoms with van der Waals surface area (Å²) in [5.41, 5.74) is 0.226. The Balaban J connectivity index is 2.09. The Morgan fingerprint density at radius 2 is 2.12 bits per heavy atom. The van der Waals surface area contributed by atoms with E-state index >= 15 is 0 Å². The molecule has 9 heteroatoms. The Kier molecular flexibility index (Phi) is 6.33. The van der Waals surface area contributed by atoms with Gasteiger partial charge in [0.05, 0.1) is 6.61 Å². The average molecular weight is 394 g/mol. The lowest BCUT2D eigenvalue weighted by Gasteiger charge is -2.37. The Labute approximate surface area is 155 Å². The summed E-state index contributed by atoms with van der Waals surface area (Å²) in [4.78, 5) is 1.89. The molecule has 0 amide bonds. The van der Waals surface area contributed by atoms with Gasteiger partial charge in [-0.25, -0.2) is 0 Å². The molecule has 1 heterocycles. The zero-order chi connectivity index (χ0) is 19.5. The van der Waals surface area contributed by atoms with Gasteiger partial charge in [0.25, 0.3) is 0 Å². The first-order chi connectivity index (χ1) is 12.1. The Hall–Kier alpha value is -1.61. The average Bonchev–Trinajstić information content (AvgIpc) is 3.05. The molecule has 0 radical (unpaired) electrons. The van der Waals surface area contributed by atoms with E-state index in [0.717, 1.165) is 6.42 Å². The van der Waals surface area contributed by atoms with Crippen LogP contribution in [-0.4, -0.2) is 41.9 Å². The van der Waals surface area contributed by atoms with E-state index in [1.54, 1.807) is 6.07 Å². The standard InChI is InChI=1S/C17H22F4N2O2S/c1-4-16(2,3)14-23(8-9-24-14)15(26)22-11-6-5-7-12(10-11)25-17(20,21)13(18)19/h5-7,10,13-14H,4,8-9H2,1-3H3,(H,22,26). The molecule has 1 aliphatic heterocycles. The van der Waals surface area contributed by atoms with E-state index in [4.69, 9.17) is 17.0 Å². The molecule has 2 rings (SSSR count). The smallest absolute Gasteiger partial charge is 0.428 e. The first kappa shape index (κ1) is 20.7. The number of halogens is 4. The number of nitrogens with zero attached hydrogens (tertiary/aromatic N) is 1. The molecule has 0 aliphatic carbocycles. The Morgan fingerprint density at radius 3 is 2.73 bits per heavy atom. The summed E-state index contributed by atoms with van der Waals surface area (Å²) in [6, 6.07) is 5.36. The van der Waals surface area contributed by atoms with E-state index in [1.165, 1.54) is 18.2 Å². The van der Waals surface area contributed by atoms with Crippen molar-refractivity contribution in [2.45, 2.75) is 46.0 Å². The van der Waals surface area contributed by atoms with Gasteiger partial charge in [-0.1, -0.05) is 26.8 Å². The van der Waals surface area contributed by atoms with Crippen LogP contribution < -0.4 is 10.1 Å². The zero-order valence-electron chi connectivity index (χ0n) is 14.8. The predicted octanol–water partition coefficient (Wildman–Crippen LogP) is 4.71. The molecule has 1 fully saturated rings. The predicted molar refractivity (Wildman–Crippen MR) is 94.8 cm³/mol. The number of ether oxygens (including phenoxy) is 2. The summed E-state index contributed by atoms with van der Waals surface area (Å²) >= 11 is 5.41. The summed E-state index contributed by atoms with van der Waals surface area (Å²) < 4.78 is 60.5. The monoisotopic (exact) mass is 394 g/mol. The van der Waals surface area contributed by atoms with Crippen molar-refractivity contribution >= 4 is 23.0 Å². The van der Waals surface area contributed by atoms with Crippen LogP contribution in [0.1, 0.15) is 27.2 Å². The number of nitrogens with one attached hydrogen (secondary N) is 1. The van der Waals surface area contributed by atoms with Crippen molar-refractivity contribution < 1.29 is 27.0 Å². The van der Waals surface area contributed by atoms with E-state index in [9.17, 15) is 17.6 Å². The van der Waals surface area contributed by atoms with Gasteiger partial charge in [0.15, 0.2) is 5.11 Å². The van der Waals surface area contributed by atoms with Crippen LogP contribution in [-0.2, 0) is 4.74 Å². The van der Waals surface area contributed by atoms with Gasteiger partial charge in [0, 0.05) is 23.7 Å². The molecular formula is C17H22F4N2O2S. The first-order valence-electron chi connectivity index (χ1n) is 8.21. The molecule has 1 aromatic carbocycles. The zero-order valence-corrected chi connectivity index (χ0v) is 15.6. The normalized spacial score (nSPS) is 18.3. The van der Waals surface area contributed by atoms with Crippen molar-refractivity contribution in [1.29, 1.82) is 0 Å². The highest BCUT2D eigenvalue weighted by molar-refractivity contribution is 7.80. The van der Waals surface area contributed by atoms with Crippen LogP contribution in [0.5, 0.6) is 5.75 Å². The molecule has 0 bridgehead atoms. The molecule has 0 aromatic heterocycles. The maximum Gasteiger partial charge on any atom is 0.461 e. The van der Waals surface area contributed by atoms with Gasteiger partial charge in [-0.05, 0) is 30.8 Å². The first-order valence-corrected chi connectivity index (χ1v) is 8.62. The second kappa shape index (κ2) is 7.96. The number of benzene rings is 1. The van der Waals surface area contributed by atoms with Crippen LogP contribution in [0.2, 0.25) is 0 Å². The number of alkyl halides is 4. The fourth-order valence-corrected chi connectivity index (χ4v) is 2.84. The minimum Gasteiger partial charge on any atom is -0.428 e. The summed E-state index contributed by atoms with van der Waals surface area (Å²) in [6.07, 6.45) is -7.81. The van der Waals surface area contributed by atoms with Crippen LogP contribution >= 0.6 is 12.2 Å². The van der Waals surface area contributed by atoms with Crippen molar-refractivity contribution in [2.24, 2.45) is 5.41 Å². The lowest BCUT2D eigenvalue weighted by atomic mass is 9.87. The van der Waals surface area contributed by atoms with Crippen LogP contribution in [0.25, 0.3) is 0 Å². The molecule has 0 saturated carbocycles. The van der Waals surface area contributed by atoms with Crippen LogP contribution in [0, 0.1) is 5.41 Å². The fourth-order valence-electron chi connectivity index (χ4n) is 2.53. The highest BCUT2D eigenvalue weighted by Gasteiger charge is 2.44. The van der Waals surface area contributed by atoms with Crippen molar-refractivity contribution in [3.05, 3.63) is 24.3 Å². The van der Waals surface area contributed by atoms with Gasteiger partial charge in [-0.3, -0.25) is 0 Å². The summed E-state index contributed by atoms with van der Waals surface area (Å²) in [5, 5.41) is 3.30. The van der Waals surface area contributed by atoms with Crippen LogP contribution in [0.15, 0.2) is 24.3 Å². The molecule has 1 unspecified atom stereocenters. The van der Waals surface area contributed by atoms with Crippen molar-refractivity contribution in [3.8, 4) is 5.75 Å². The van der Waals surface area contributed by atoms with Crippen LogP contribution in [0.3, 0.4) is 0 Å². The molecular weight excluding hydrogens is 372 g/mol. The van der Waals surface area contributed by atoms with E-state index in [-0.39, 0.29) is 17.4 Å². The molecule has 146 valence electrons. The van der Waals surface area contributed by atoms with Gasteiger partial charge in [-0.2, -0.15) is 17.6 Å². The molecule has 26 heavy (non-hydrogen) atoms. The van der Waals surface area contributed by atoms with Gasteiger partial charge in [0.1, 0.15) is 12.0 Å². The molecule has 1 saturated heterocycles. The lowest BCUT2D eigenvalue weighted by Crippen LogP contribution is -2.46. The molecule has 4 nitrogen and oxygen atoms in total. The van der Waals surface area contributed by atoms with E-state index in [1.807, 2.05) is 4.90 Å². The molecule has 1 N–H and O–H groups in total. The third-order valence-corrected chi connectivity index (χ3v) is 4.66.